The van der Waals surface area contributed by atoms with Crippen molar-refractivity contribution in [3.8, 4) is 11.4 Å². The highest BCUT2D eigenvalue weighted by Gasteiger charge is 2.15. The second-order valence-corrected chi connectivity index (χ2v) is 4.28. The van der Waals surface area contributed by atoms with E-state index in [1.54, 1.807) is 10.6 Å². The molecule has 96 valence electrons. The maximum atomic E-state index is 13.0. The second-order valence-electron chi connectivity index (χ2n) is 3.87. The second kappa shape index (κ2) is 5.46. The van der Waals surface area contributed by atoms with E-state index in [-0.39, 0.29) is 11.6 Å². The van der Waals surface area contributed by atoms with Crippen LogP contribution in [-0.4, -0.2) is 19.9 Å². The molecule has 1 N–H and O–H groups in total. The van der Waals surface area contributed by atoms with Crippen LogP contribution in [0.5, 0.6) is 0 Å². The monoisotopic (exact) mass is 269 g/mol. The molecule has 0 aliphatic heterocycles. The number of aliphatic hydroxyl groups is 1. The van der Waals surface area contributed by atoms with E-state index in [0.717, 1.165) is 6.42 Å². The number of halogens is 2. The fourth-order valence-corrected chi connectivity index (χ4v) is 2.03. The largest absolute Gasteiger partial charge is 0.388 e. The first-order valence-electron chi connectivity index (χ1n) is 5.65. The van der Waals surface area contributed by atoms with E-state index in [1.165, 1.54) is 12.1 Å². The molecule has 2 rings (SSSR count). The van der Waals surface area contributed by atoms with Crippen LogP contribution in [-0.2, 0) is 13.2 Å². The van der Waals surface area contributed by atoms with Gasteiger partial charge in [0.1, 0.15) is 12.4 Å². The summed E-state index contributed by atoms with van der Waals surface area (Å²) in [6.07, 6.45) is 0.872. The van der Waals surface area contributed by atoms with E-state index in [2.05, 4.69) is 10.2 Å². The average molecular weight is 270 g/mol. The molecule has 0 aliphatic rings. The van der Waals surface area contributed by atoms with Gasteiger partial charge in [0.05, 0.1) is 5.02 Å². The number of hydrogen-bond donors (Lipinski definition) is 1. The number of benzene rings is 1. The van der Waals surface area contributed by atoms with Crippen molar-refractivity contribution >= 4 is 11.6 Å². The number of rotatable bonds is 4. The summed E-state index contributed by atoms with van der Waals surface area (Å²) in [5, 5.41) is 17.4. The van der Waals surface area contributed by atoms with Crippen molar-refractivity contribution in [1.82, 2.24) is 14.8 Å². The van der Waals surface area contributed by atoms with Crippen LogP contribution in [0.2, 0.25) is 5.02 Å². The van der Waals surface area contributed by atoms with Crippen LogP contribution in [0.15, 0.2) is 18.2 Å². The Kier molecular flexibility index (Phi) is 3.93. The molecule has 0 saturated heterocycles. The quantitative estimate of drug-likeness (QED) is 0.928. The lowest BCUT2D eigenvalue weighted by Crippen LogP contribution is -2.05. The molecule has 0 spiro atoms. The topological polar surface area (TPSA) is 50.9 Å². The van der Waals surface area contributed by atoms with Crippen molar-refractivity contribution < 1.29 is 9.50 Å². The molecule has 4 nitrogen and oxygen atoms in total. The Balaban J connectivity index is 2.52. The summed E-state index contributed by atoms with van der Waals surface area (Å²) in [6, 6.07) is 4.13. The van der Waals surface area contributed by atoms with E-state index in [4.69, 9.17) is 11.6 Å². The highest BCUT2D eigenvalue weighted by Crippen LogP contribution is 2.27. The third-order valence-electron chi connectivity index (χ3n) is 2.59. The van der Waals surface area contributed by atoms with E-state index in [1.807, 2.05) is 6.92 Å². The van der Waals surface area contributed by atoms with Crippen LogP contribution in [0, 0.1) is 5.82 Å². The van der Waals surface area contributed by atoms with Crippen LogP contribution in [0.25, 0.3) is 11.4 Å². The molecule has 0 bridgehead atoms. The fraction of sp³-hybridized carbons (Fsp3) is 0.333. The molecule has 1 aromatic heterocycles. The van der Waals surface area contributed by atoms with E-state index >= 15 is 0 Å². The van der Waals surface area contributed by atoms with E-state index in [0.29, 0.717) is 23.8 Å². The molecule has 18 heavy (non-hydrogen) atoms. The van der Waals surface area contributed by atoms with Gasteiger partial charge in [-0.2, -0.15) is 0 Å². The van der Waals surface area contributed by atoms with Crippen molar-refractivity contribution in [3.63, 3.8) is 0 Å². The highest BCUT2D eigenvalue weighted by atomic mass is 35.5. The smallest absolute Gasteiger partial charge is 0.165 e. The lowest BCUT2D eigenvalue weighted by Gasteiger charge is -2.09. The minimum absolute atomic E-state index is 0.189. The Morgan fingerprint density at radius 3 is 2.78 bits per heavy atom. The van der Waals surface area contributed by atoms with Crippen molar-refractivity contribution in [3.05, 3.63) is 34.9 Å². The Hall–Kier alpha value is -1.46. The van der Waals surface area contributed by atoms with Gasteiger partial charge in [0, 0.05) is 12.1 Å². The molecule has 1 heterocycles. The van der Waals surface area contributed by atoms with Crippen LogP contribution >= 0.6 is 11.6 Å². The lowest BCUT2D eigenvalue weighted by molar-refractivity contribution is 0.264. The zero-order valence-corrected chi connectivity index (χ0v) is 10.7. The Morgan fingerprint density at radius 2 is 2.17 bits per heavy atom. The molecule has 0 saturated carbocycles. The zero-order valence-electron chi connectivity index (χ0n) is 9.90. The van der Waals surface area contributed by atoms with Crippen LogP contribution < -0.4 is 0 Å². The third-order valence-corrected chi connectivity index (χ3v) is 2.90. The molecular formula is C12H13ClFN3O. The molecule has 0 radical (unpaired) electrons. The Bertz CT molecular complexity index is 556. The zero-order chi connectivity index (χ0) is 13.1. The molecule has 0 amide bonds. The van der Waals surface area contributed by atoms with Crippen LogP contribution in [0.1, 0.15) is 19.2 Å². The first-order valence-corrected chi connectivity index (χ1v) is 6.03. The number of nitrogens with zero attached hydrogens (tertiary/aromatic N) is 3. The van der Waals surface area contributed by atoms with Gasteiger partial charge in [0.2, 0.25) is 0 Å². The Labute approximate surface area is 109 Å². The SMILES string of the molecule is CCCn1c(CO)nnc1-c1ccc(F)cc1Cl. The summed E-state index contributed by atoms with van der Waals surface area (Å²) in [5.41, 5.74) is 0.610. The summed E-state index contributed by atoms with van der Waals surface area (Å²) in [6.45, 7) is 2.49. The van der Waals surface area contributed by atoms with Crippen molar-refractivity contribution in [2.24, 2.45) is 0 Å². The summed E-state index contributed by atoms with van der Waals surface area (Å²) >= 11 is 6.01. The summed E-state index contributed by atoms with van der Waals surface area (Å²) < 4.78 is 14.8. The van der Waals surface area contributed by atoms with Gasteiger partial charge in [-0.3, -0.25) is 0 Å². The lowest BCUT2D eigenvalue weighted by atomic mass is 10.2. The van der Waals surface area contributed by atoms with Crippen molar-refractivity contribution in [2.45, 2.75) is 26.5 Å². The van der Waals surface area contributed by atoms with Gasteiger partial charge in [-0.15, -0.1) is 10.2 Å². The molecule has 0 fully saturated rings. The van der Waals surface area contributed by atoms with Crippen LogP contribution in [0.4, 0.5) is 4.39 Å². The molecule has 0 atom stereocenters. The van der Waals surface area contributed by atoms with Gasteiger partial charge < -0.3 is 9.67 Å². The molecular weight excluding hydrogens is 257 g/mol. The maximum absolute atomic E-state index is 13.0. The molecule has 0 unspecified atom stereocenters. The predicted octanol–water partition coefficient (Wildman–Crippen LogP) is 2.64. The fourth-order valence-electron chi connectivity index (χ4n) is 1.78. The minimum Gasteiger partial charge on any atom is -0.388 e. The molecule has 6 heteroatoms. The first-order chi connectivity index (χ1) is 8.67. The normalized spacial score (nSPS) is 10.9. The van der Waals surface area contributed by atoms with Gasteiger partial charge in [-0.1, -0.05) is 18.5 Å². The highest BCUT2D eigenvalue weighted by molar-refractivity contribution is 6.33. The molecule has 2 aromatic rings. The third kappa shape index (κ3) is 2.37. The first kappa shape index (κ1) is 13.0. The van der Waals surface area contributed by atoms with Gasteiger partial charge in [0.15, 0.2) is 11.6 Å². The number of hydrogen-bond acceptors (Lipinski definition) is 3. The molecule has 1 aromatic carbocycles. The minimum atomic E-state index is -0.396. The number of aliphatic hydroxyl groups excluding tert-OH is 1. The standard InChI is InChI=1S/C12H13ClFN3O/c1-2-5-17-11(7-18)15-16-12(17)9-4-3-8(14)6-10(9)13/h3-4,6,18H,2,5,7H2,1H3. The Morgan fingerprint density at radius 1 is 1.39 bits per heavy atom. The van der Waals surface area contributed by atoms with E-state index in [9.17, 15) is 9.50 Å². The van der Waals surface area contributed by atoms with Crippen molar-refractivity contribution in [1.29, 1.82) is 0 Å². The van der Waals surface area contributed by atoms with Crippen molar-refractivity contribution in [2.75, 3.05) is 0 Å². The van der Waals surface area contributed by atoms with Gasteiger partial charge in [0.25, 0.3) is 0 Å². The summed E-state index contributed by atoms with van der Waals surface area (Å²) in [7, 11) is 0. The molecule has 0 aliphatic carbocycles. The van der Waals surface area contributed by atoms with E-state index < -0.39 is 5.82 Å². The number of aromatic nitrogens is 3. The summed E-state index contributed by atoms with van der Waals surface area (Å²) in [4.78, 5) is 0. The van der Waals surface area contributed by atoms with Crippen LogP contribution in [0.3, 0.4) is 0 Å². The summed E-state index contributed by atoms with van der Waals surface area (Å²) in [5.74, 6) is 0.630. The van der Waals surface area contributed by atoms with Gasteiger partial charge in [-0.05, 0) is 24.6 Å². The maximum Gasteiger partial charge on any atom is 0.165 e. The van der Waals surface area contributed by atoms with Gasteiger partial charge in [-0.25, -0.2) is 4.39 Å². The predicted molar refractivity (Wildman–Crippen MR) is 66.6 cm³/mol. The van der Waals surface area contributed by atoms with Gasteiger partial charge >= 0.3 is 0 Å². The average Bonchev–Trinajstić information content (AvgIpc) is 2.73.